The van der Waals surface area contributed by atoms with E-state index in [0.717, 1.165) is 10.4 Å². The minimum absolute atomic E-state index is 0.0656. The van der Waals surface area contributed by atoms with Crippen LogP contribution in [-0.4, -0.2) is 9.97 Å². The van der Waals surface area contributed by atoms with Gasteiger partial charge in [0.25, 0.3) is 0 Å². The Morgan fingerprint density at radius 3 is 2.40 bits per heavy atom. The SMILES string of the molecule is Cc1cncs1.N#Cc1cc(-c2cncs2)ccc1F. The van der Waals surface area contributed by atoms with Crippen molar-refractivity contribution in [3.05, 3.63) is 57.9 Å². The molecule has 0 fully saturated rings. The van der Waals surface area contributed by atoms with E-state index < -0.39 is 5.82 Å². The first-order valence-electron chi connectivity index (χ1n) is 5.64. The van der Waals surface area contributed by atoms with Crippen LogP contribution in [0.15, 0.2) is 41.6 Å². The van der Waals surface area contributed by atoms with Gasteiger partial charge in [-0.05, 0) is 24.6 Å². The first kappa shape index (κ1) is 14.3. The lowest BCUT2D eigenvalue weighted by molar-refractivity contribution is 0.624. The molecule has 0 aliphatic rings. The molecule has 1 aromatic carbocycles. The summed E-state index contributed by atoms with van der Waals surface area (Å²) < 4.78 is 13.0. The van der Waals surface area contributed by atoms with Crippen LogP contribution in [0.3, 0.4) is 0 Å². The molecular formula is C14H10FN3S2. The number of hydrogen-bond acceptors (Lipinski definition) is 5. The van der Waals surface area contributed by atoms with Gasteiger partial charge in [-0.3, -0.25) is 9.97 Å². The van der Waals surface area contributed by atoms with Crippen molar-refractivity contribution in [2.45, 2.75) is 6.92 Å². The predicted molar refractivity (Wildman–Crippen MR) is 79.1 cm³/mol. The predicted octanol–water partition coefficient (Wildman–Crippen LogP) is 4.27. The van der Waals surface area contributed by atoms with Crippen LogP contribution in [-0.2, 0) is 0 Å². The summed E-state index contributed by atoms with van der Waals surface area (Å²) in [6.45, 7) is 2.04. The molecule has 0 N–H and O–H groups in total. The lowest BCUT2D eigenvalue weighted by atomic mass is 10.1. The van der Waals surface area contributed by atoms with E-state index in [0.29, 0.717) is 0 Å². The zero-order chi connectivity index (χ0) is 14.4. The van der Waals surface area contributed by atoms with E-state index in [1.807, 2.05) is 18.6 Å². The maximum atomic E-state index is 13.0. The van der Waals surface area contributed by atoms with Crippen molar-refractivity contribution in [1.29, 1.82) is 5.26 Å². The van der Waals surface area contributed by atoms with Crippen LogP contribution < -0.4 is 0 Å². The molecule has 20 heavy (non-hydrogen) atoms. The number of halogens is 1. The van der Waals surface area contributed by atoms with E-state index >= 15 is 0 Å². The van der Waals surface area contributed by atoms with Crippen molar-refractivity contribution in [1.82, 2.24) is 9.97 Å². The molecule has 0 saturated carbocycles. The molecule has 0 saturated heterocycles. The zero-order valence-corrected chi connectivity index (χ0v) is 12.2. The van der Waals surface area contributed by atoms with Crippen molar-refractivity contribution in [2.75, 3.05) is 0 Å². The summed E-state index contributed by atoms with van der Waals surface area (Å²) in [5.74, 6) is -0.485. The molecule has 0 unspecified atom stereocenters. The first-order valence-corrected chi connectivity index (χ1v) is 7.40. The monoisotopic (exact) mass is 303 g/mol. The number of nitrogens with zero attached hydrogens (tertiary/aromatic N) is 3. The normalized spacial score (nSPS) is 9.45. The Kier molecular flexibility index (Phi) is 4.93. The fourth-order valence-electron chi connectivity index (χ4n) is 1.40. The molecule has 2 heterocycles. The molecule has 0 bridgehead atoms. The molecule has 0 amide bonds. The van der Waals surface area contributed by atoms with Gasteiger partial charge in [0.15, 0.2) is 0 Å². The average molecular weight is 303 g/mol. The molecule has 0 spiro atoms. The standard InChI is InChI=1S/C10H5FN2S.C4H5NS/c11-9-2-1-7(3-8(9)4-12)10-5-13-6-14-10;1-4-2-5-3-6-4/h1-3,5-6H;2-3H,1H3. The summed E-state index contributed by atoms with van der Waals surface area (Å²) in [5.41, 5.74) is 4.42. The molecule has 0 atom stereocenters. The number of aromatic nitrogens is 2. The van der Waals surface area contributed by atoms with E-state index in [9.17, 15) is 4.39 Å². The highest BCUT2D eigenvalue weighted by atomic mass is 32.1. The van der Waals surface area contributed by atoms with Crippen LogP contribution >= 0.6 is 22.7 Å². The Hall–Kier alpha value is -2.10. The van der Waals surface area contributed by atoms with Crippen molar-refractivity contribution in [3.63, 3.8) is 0 Å². The Balaban J connectivity index is 0.000000205. The molecule has 0 aliphatic heterocycles. The highest BCUT2D eigenvalue weighted by Crippen LogP contribution is 2.24. The summed E-state index contributed by atoms with van der Waals surface area (Å²) in [6, 6.07) is 6.28. The summed E-state index contributed by atoms with van der Waals surface area (Å²) >= 11 is 3.12. The fraction of sp³-hybridized carbons (Fsp3) is 0.0714. The maximum absolute atomic E-state index is 13.0. The molecule has 0 aliphatic carbocycles. The quantitative estimate of drug-likeness (QED) is 0.674. The van der Waals surface area contributed by atoms with Crippen molar-refractivity contribution < 1.29 is 4.39 Å². The third-order valence-corrected chi connectivity index (χ3v) is 3.89. The smallest absolute Gasteiger partial charge is 0.140 e. The maximum Gasteiger partial charge on any atom is 0.140 e. The van der Waals surface area contributed by atoms with Crippen LogP contribution in [0.5, 0.6) is 0 Å². The molecule has 100 valence electrons. The van der Waals surface area contributed by atoms with Gasteiger partial charge in [-0.2, -0.15) is 5.26 Å². The highest BCUT2D eigenvalue weighted by Gasteiger charge is 2.05. The van der Waals surface area contributed by atoms with Gasteiger partial charge < -0.3 is 0 Å². The number of hydrogen-bond donors (Lipinski definition) is 0. The van der Waals surface area contributed by atoms with E-state index in [-0.39, 0.29) is 5.56 Å². The van der Waals surface area contributed by atoms with Crippen LogP contribution in [0.25, 0.3) is 10.4 Å². The number of benzene rings is 1. The second-order valence-electron chi connectivity index (χ2n) is 3.78. The largest absolute Gasteiger partial charge is 0.253 e. The van der Waals surface area contributed by atoms with E-state index in [4.69, 9.17) is 5.26 Å². The van der Waals surface area contributed by atoms with E-state index in [1.54, 1.807) is 35.2 Å². The van der Waals surface area contributed by atoms with Crippen LogP contribution in [0.2, 0.25) is 0 Å². The molecule has 0 radical (unpaired) electrons. The van der Waals surface area contributed by atoms with Gasteiger partial charge >= 0.3 is 0 Å². The number of rotatable bonds is 1. The van der Waals surface area contributed by atoms with Gasteiger partial charge in [0.1, 0.15) is 11.9 Å². The van der Waals surface area contributed by atoms with Crippen LogP contribution in [0.1, 0.15) is 10.4 Å². The van der Waals surface area contributed by atoms with Crippen LogP contribution in [0.4, 0.5) is 4.39 Å². The highest BCUT2D eigenvalue weighted by molar-refractivity contribution is 7.13. The Labute approximate surface area is 124 Å². The third kappa shape index (κ3) is 3.70. The Bertz CT molecular complexity index is 701. The second kappa shape index (κ2) is 6.89. The van der Waals surface area contributed by atoms with E-state index in [2.05, 4.69) is 9.97 Å². The Morgan fingerprint density at radius 1 is 1.15 bits per heavy atom. The van der Waals surface area contributed by atoms with Crippen molar-refractivity contribution in [3.8, 4) is 16.5 Å². The lowest BCUT2D eigenvalue weighted by Crippen LogP contribution is -1.83. The van der Waals surface area contributed by atoms with Gasteiger partial charge in [-0.15, -0.1) is 22.7 Å². The molecule has 3 nitrogen and oxygen atoms in total. The number of aryl methyl sites for hydroxylation is 1. The average Bonchev–Trinajstić information content (AvgIpc) is 3.13. The first-order chi connectivity index (χ1) is 9.70. The van der Waals surface area contributed by atoms with Gasteiger partial charge in [0, 0.05) is 17.3 Å². The van der Waals surface area contributed by atoms with Crippen LogP contribution in [0, 0.1) is 24.1 Å². The van der Waals surface area contributed by atoms with Gasteiger partial charge in [0.2, 0.25) is 0 Å². The van der Waals surface area contributed by atoms with Gasteiger partial charge in [-0.25, -0.2) is 4.39 Å². The number of nitriles is 1. The lowest BCUT2D eigenvalue weighted by Gasteiger charge is -1.97. The Morgan fingerprint density at radius 2 is 1.90 bits per heavy atom. The van der Waals surface area contributed by atoms with Crippen molar-refractivity contribution >= 4 is 22.7 Å². The van der Waals surface area contributed by atoms with E-state index in [1.165, 1.54) is 28.3 Å². The number of thiazole rings is 2. The second-order valence-corrected chi connectivity index (χ2v) is 5.76. The van der Waals surface area contributed by atoms with Crippen molar-refractivity contribution in [2.24, 2.45) is 0 Å². The molecule has 3 aromatic rings. The molecule has 6 heteroatoms. The summed E-state index contributed by atoms with van der Waals surface area (Å²) in [4.78, 5) is 9.96. The summed E-state index contributed by atoms with van der Waals surface area (Å²) in [6.07, 6.45) is 3.55. The zero-order valence-electron chi connectivity index (χ0n) is 10.6. The molecular weight excluding hydrogens is 293 g/mol. The summed E-state index contributed by atoms with van der Waals surface area (Å²) in [5, 5.41) is 8.64. The fourth-order valence-corrected chi connectivity index (χ4v) is 2.43. The molecule has 3 rings (SSSR count). The third-order valence-electron chi connectivity index (χ3n) is 2.36. The van der Waals surface area contributed by atoms with Gasteiger partial charge in [-0.1, -0.05) is 6.07 Å². The summed E-state index contributed by atoms with van der Waals surface area (Å²) in [7, 11) is 0. The minimum Gasteiger partial charge on any atom is -0.253 e. The van der Waals surface area contributed by atoms with Gasteiger partial charge in [0.05, 0.1) is 21.5 Å². The molecule has 2 aromatic heterocycles. The topological polar surface area (TPSA) is 49.6 Å². The minimum atomic E-state index is -0.485.